The summed E-state index contributed by atoms with van der Waals surface area (Å²) in [6.45, 7) is 12.9. The second kappa shape index (κ2) is 34.2. The summed E-state index contributed by atoms with van der Waals surface area (Å²) >= 11 is 0. The van der Waals surface area contributed by atoms with Crippen LogP contribution < -0.4 is 21.3 Å². The van der Waals surface area contributed by atoms with Crippen molar-refractivity contribution in [2.24, 2.45) is 0 Å². The summed E-state index contributed by atoms with van der Waals surface area (Å²) in [5, 5.41) is 13.5. The molecule has 0 saturated heterocycles. The van der Waals surface area contributed by atoms with E-state index in [4.69, 9.17) is 0 Å². The Balaban J connectivity index is -0.000000270. The maximum absolute atomic E-state index is 3.42. The molecule has 0 aromatic rings. The maximum atomic E-state index is 3.42. The van der Waals surface area contributed by atoms with Gasteiger partial charge < -0.3 is 21.3 Å². The minimum atomic E-state index is 0. The number of nitrogens with one attached hydrogen (secondary N) is 4. The lowest BCUT2D eigenvalue weighted by Gasteiger charge is -2.04. The molecule has 0 fully saturated rings. The molecule has 146 valence electrons. The highest BCUT2D eigenvalue weighted by molar-refractivity contribution is 5.86. The van der Waals surface area contributed by atoms with Gasteiger partial charge in [-0.3, -0.25) is 0 Å². The second-order valence-corrected chi connectivity index (χ2v) is 4.69. The highest BCUT2D eigenvalue weighted by Gasteiger charge is 1.87. The molecule has 23 heavy (non-hydrogen) atoms. The van der Waals surface area contributed by atoms with Crippen LogP contribution in [0.4, 0.5) is 0 Å². The minimum Gasteiger partial charge on any atom is -0.317 e. The molecule has 0 heterocycles. The van der Waals surface area contributed by atoms with Crippen molar-refractivity contribution in [2.45, 2.75) is 33.1 Å². The molecule has 0 atom stereocenters. The smallest absolute Gasteiger partial charge is 0.0135 e. The van der Waals surface area contributed by atoms with Gasteiger partial charge in [-0.1, -0.05) is 26.0 Å². The Kier molecular flexibility index (Phi) is 51.9. The van der Waals surface area contributed by atoms with E-state index in [9.17, 15) is 0 Å². The normalized spacial score (nSPS) is 9.48. The van der Waals surface area contributed by atoms with Crippen LogP contribution in [0.5, 0.6) is 0 Å². The monoisotopic (exact) mass is 414 g/mol. The molecule has 0 aliphatic rings. The van der Waals surface area contributed by atoms with Crippen LogP contribution in [0.3, 0.4) is 0 Å². The van der Waals surface area contributed by atoms with E-state index in [1.165, 1.54) is 19.3 Å². The van der Waals surface area contributed by atoms with Crippen molar-refractivity contribution in [3.05, 3.63) is 12.2 Å². The fourth-order valence-corrected chi connectivity index (χ4v) is 1.69. The van der Waals surface area contributed by atoms with Gasteiger partial charge in [-0.25, -0.2) is 0 Å². The van der Waals surface area contributed by atoms with Gasteiger partial charge in [-0.2, -0.15) is 0 Å². The molecular formula is C15H38Cl4N4. The Morgan fingerprint density at radius 1 is 0.565 bits per heavy atom. The standard InChI is InChI=1S/C15H34N4.4ClH/c1-3-9-17-13-8-15-19-11-6-5-10-18-14-7-12-16-4-2;;;;/h5-6,16-19H,3-4,7-15H2,1-2H3;4*1H. The highest BCUT2D eigenvalue weighted by atomic mass is 35.5. The Morgan fingerprint density at radius 3 is 1.43 bits per heavy atom. The molecule has 0 radical (unpaired) electrons. The predicted molar refractivity (Wildman–Crippen MR) is 115 cm³/mol. The first-order chi connectivity index (χ1) is 9.41. The predicted octanol–water partition coefficient (Wildman–Crippen LogP) is 2.80. The van der Waals surface area contributed by atoms with E-state index < -0.39 is 0 Å². The van der Waals surface area contributed by atoms with E-state index in [0.29, 0.717) is 0 Å². The first-order valence-corrected chi connectivity index (χ1v) is 7.89. The molecule has 0 aliphatic carbocycles. The Labute approximate surface area is 168 Å². The van der Waals surface area contributed by atoms with Crippen LogP contribution in [0, 0.1) is 0 Å². The lowest BCUT2D eigenvalue weighted by molar-refractivity contribution is 0.608. The molecule has 0 aromatic carbocycles. The highest BCUT2D eigenvalue weighted by Crippen LogP contribution is 1.77. The van der Waals surface area contributed by atoms with Crippen LogP contribution in [0.1, 0.15) is 33.1 Å². The summed E-state index contributed by atoms with van der Waals surface area (Å²) in [7, 11) is 0. The second-order valence-electron chi connectivity index (χ2n) is 4.69. The number of halogens is 4. The van der Waals surface area contributed by atoms with Crippen molar-refractivity contribution in [1.29, 1.82) is 0 Å². The number of hydrogen-bond acceptors (Lipinski definition) is 4. The Morgan fingerprint density at radius 2 is 1.00 bits per heavy atom. The fraction of sp³-hybridized carbons (Fsp3) is 0.867. The van der Waals surface area contributed by atoms with Gasteiger partial charge >= 0.3 is 0 Å². The largest absolute Gasteiger partial charge is 0.317 e. The third-order valence-corrected chi connectivity index (χ3v) is 2.78. The summed E-state index contributed by atoms with van der Waals surface area (Å²) in [6.07, 6.45) is 8.03. The van der Waals surface area contributed by atoms with Gasteiger partial charge in [0.05, 0.1) is 0 Å². The summed E-state index contributed by atoms with van der Waals surface area (Å²) in [5.41, 5.74) is 0. The van der Waals surface area contributed by atoms with Gasteiger partial charge in [-0.05, 0) is 58.5 Å². The van der Waals surface area contributed by atoms with Crippen LogP contribution >= 0.6 is 49.6 Å². The zero-order valence-electron chi connectivity index (χ0n) is 14.6. The molecule has 0 saturated carbocycles. The van der Waals surface area contributed by atoms with Crippen molar-refractivity contribution in [3.8, 4) is 0 Å². The third-order valence-electron chi connectivity index (χ3n) is 2.78. The summed E-state index contributed by atoms with van der Waals surface area (Å²) in [5.74, 6) is 0. The average molecular weight is 416 g/mol. The van der Waals surface area contributed by atoms with Crippen molar-refractivity contribution >= 4 is 49.6 Å². The van der Waals surface area contributed by atoms with Crippen LogP contribution in [0.15, 0.2) is 12.2 Å². The molecular weight excluding hydrogens is 378 g/mol. The molecule has 0 aromatic heterocycles. The SMILES string of the molecule is CCCNCCCNCC=CCNCCCNCC.Cl.Cl.Cl.Cl. The molecule has 4 nitrogen and oxygen atoms in total. The number of rotatable bonds is 15. The average Bonchev–Trinajstić information content (AvgIpc) is 2.43. The molecule has 0 bridgehead atoms. The van der Waals surface area contributed by atoms with Crippen LogP contribution in [0.2, 0.25) is 0 Å². The fourth-order valence-electron chi connectivity index (χ4n) is 1.69. The summed E-state index contributed by atoms with van der Waals surface area (Å²) in [6, 6.07) is 0. The van der Waals surface area contributed by atoms with E-state index in [1.54, 1.807) is 0 Å². The van der Waals surface area contributed by atoms with Crippen molar-refractivity contribution in [1.82, 2.24) is 21.3 Å². The zero-order valence-corrected chi connectivity index (χ0v) is 17.8. The van der Waals surface area contributed by atoms with E-state index >= 15 is 0 Å². The Bertz CT molecular complexity index is 198. The van der Waals surface area contributed by atoms with Gasteiger partial charge in [0.15, 0.2) is 0 Å². The molecule has 4 N–H and O–H groups in total. The molecule has 0 unspecified atom stereocenters. The van der Waals surface area contributed by atoms with Gasteiger partial charge in [0, 0.05) is 13.1 Å². The van der Waals surface area contributed by atoms with Crippen molar-refractivity contribution in [2.75, 3.05) is 52.4 Å². The van der Waals surface area contributed by atoms with E-state index in [2.05, 4.69) is 47.3 Å². The van der Waals surface area contributed by atoms with E-state index in [0.717, 1.165) is 52.4 Å². The van der Waals surface area contributed by atoms with Crippen LogP contribution in [0.25, 0.3) is 0 Å². The quantitative estimate of drug-likeness (QED) is 0.245. The minimum absolute atomic E-state index is 0. The van der Waals surface area contributed by atoms with Crippen molar-refractivity contribution in [3.63, 3.8) is 0 Å². The number of hydrogen-bond donors (Lipinski definition) is 4. The maximum Gasteiger partial charge on any atom is 0.0135 e. The molecule has 0 rings (SSSR count). The zero-order chi connectivity index (χ0) is 14.0. The first kappa shape index (κ1) is 35.0. The third kappa shape index (κ3) is 34.9. The lowest BCUT2D eigenvalue weighted by atomic mass is 10.4. The van der Waals surface area contributed by atoms with Crippen molar-refractivity contribution < 1.29 is 0 Å². The van der Waals surface area contributed by atoms with Crippen LogP contribution in [-0.4, -0.2) is 52.4 Å². The lowest BCUT2D eigenvalue weighted by Crippen LogP contribution is -2.23. The van der Waals surface area contributed by atoms with Gasteiger partial charge in [0.25, 0.3) is 0 Å². The van der Waals surface area contributed by atoms with Crippen LogP contribution in [-0.2, 0) is 0 Å². The molecule has 0 amide bonds. The van der Waals surface area contributed by atoms with Gasteiger partial charge in [-0.15, -0.1) is 49.6 Å². The molecule has 8 heteroatoms. The van der Waals surface area contributed by atoms with Gasteiger partial charge in [0.2, 0.25) is 0 Å². The Hall–Kier alpha value is 0.740. The molecule has 0 aliphatic heterocycles. The van der Waals surface area contributed by atoms with E-state index in [1.807, 2.05) is 0 Å². The van der Waals surface area contributed by atoms with Gasteiger partial charge in [0.1, 0.15) is 0 Å². The summed E-state index contributed by atoms with van der Waals surface area (Å²) < 4.78 is 0. The summed E-state index contributed by atoms with van der Waals surface area (Å²) in [4.78, 5) is 0. The van der Waals surface area contributed by atoms with E-state index in [-0.39, 0.29) is 49.6 Å². The topological polar surface area (TPSA) is 48.1 Å². The molecule has 0 spiro atoms. The first-order valence-electron chi connectivity index (χ1n) is 7.89.